The van der Waals surface area contributed by atoms with Crippen LogP contribution in [0.5, 0.6) is 0 Å². The van der Waals surface area contributed by atoms with Crippen molar-refractivity contribution in [1.82, 2.24) is 10.0 Å². The largest absolute Gasteiger partial charge is 0.417 e. The first-order chi connectivity index (χ1) is 11.5. The molecule has 0 bridgehead atoms. The normalized spacial score (nSPS) is 12.4. The summed E-state index contributed by atoms with van der Waals surface area (Å²) in [6.07, 6.45) is -3.38. The molecule has 0 saturated carbocycles. The van der Waals surface area contributed by atoms with Crippen molar-refractivity contribution in [3.05, 3.63) is 28.8 Å². The highest BCUT2D eigenvalue weighted by Crippen LogP contribution is 2.35. The Labute approximate surface area is 150 Å². The standard InChI is InChI=1S/C15H20ClF3N2O3S/c1-3-10(4-2)21-14(22)7-8-20-25(23,24)11-5-6-13(16)12(9-11)15(17,18)19/h5-6,9-10,20H,3-4,7-8H2,1-2H3,(H,21,22). The van der Waals surface area contributed by atoms with Gasteiger partial charge in [-0.1, -0.05) is 25.4 Å². The molecular weight excluding hydrogens is 381 g/mol. The predicted octanol–water partition coefficient (Wildman–Crippen LogP) is 3.33. The molecule has 0 heterocycles. The fraction of sp³-hybridized carbons (Fsp3) is 0.533. The van der Waals surface area contributed by atoms with Crippen molar-refractivity contribution in [3.8, 4) is 0 Å². The third-order valence-corrected chi connectivity index (χ3v) is 5.34. The van der Waals surface area contributed by atoms with Crippen molar-refractivity contribution in [2.24, 2.45) is 0 Å². The first-order valence-electron chi connectivity index (χ1n) is 7.67. The molecule has 0 saturated heterocycles. The van der Waals surface area contributed by atoms with Crippen LogP contribution in [-0.2, 0) is 21.0 Å². The number of rotatable bonds is 8. The number of carbonyl (C=O) groups is 1. The van der Waals surface area contributed by atoms with E-state index in [4.69, 9.17) is 11.6 Å². The van der Waals surface area contributed by atoms with Crippen molar-refractivity contribution in [2.75, 3.05) is 6.54 Å². The average Bonchev–Trinajstić information content (AvgIpc) is 2.51. The van der Waals surface area contributed by atoms with E-state index in [1.54, 1.807) is 0 Å². The van der Waals surface area contributed by atoms with Gasteiger partial charge in [0.2, 0.25) is 15.9 Å². The van der Waals surface area contributed by atoms with Gasteiger partial charge in [-0.2, -0.15) is 13.2 Å². The molecule has 0 atom stereocenters. The average molecular weight is 401 g/mol. The van der Waals surface area contributed by atoms with E-state index in [0.717, 1.165) is 25.0 Å². The summed E-state index contributed by atoms with van der Waals surface area (Å²) in [5.74, 6) is -0.330. The highest BCUT2D eigenvalue weighted by molar-refractivity contribution is 7.89. The fourth-order valence-electron chi connectivity index (χ4n) is 2.06. The first kappa shape index (κ1) is 21.7. The summed E-state index contributed by atoms with van der Waals surface area (Å²) in [5, 5.41) is 2.15. The molecule has 25 heavy (non-hydrogen) atoms. The lowest BCUT2D eigenvalue weighted by Crippen LogP contribution is -2.36. The van der Waals surface area contributed by atoms with E-state index >= 15 is 0 Å². The van der Waals surface area contributed by atoms with Gasteiger partial charge in [0.15, 0.2) is 0 Å². The van der Waals surface area contributed by atoms with E-state index < -0.39 is 31.7 Å². The molecule has 0 spiro atoms. The monoisotopic (exact) mass is 400 g/mol. The Morgan fingerprint density at radius 3 is 2.36 bits per heavy atom. The van der Waals surface area contributed by atoms with Gasteiger partial charge in [0.25, 0.3) is 0 Å². The van der Waals surface area contributed by atoms with Crippen molar-refractivity contribution in [1.29, 1.82) is 0 Å². The quantitative estimate of drug-likeness (QED) is 0.702. The molecule has 0 aliphatic carbocycles. The van der Waals surface area contributed by atoms with Crippen molar-refractivity contribution < 1.29 is 26.4 Å². The Hall–Kier alpha value is -1.32. The number of halogens is 4. The molecule has 0 aromatic heterocycles. The Morgan fingerprint density at radius 2 is 1.84 bits per heavy atom. The molecule has 1 rings (SSSR count). The number of nitrogens with one attached hydrogen (secondary N) is 2. The highest BCUT2D eigenvalue weighted by Gasteiger charge is 2.34. The number of carbonyl (C=O) groups excluding carboxylic acids is 1. The van der Waals surface area contributed by atoms with Crippen LogP contribution in [-0.4, -0.2) is 26.9 Å². The molecule has 0 unspecified atom stereocenters. The maximum absolute atomic E-state index is 12.8. The molecular formula is C15H20ClF3N2O3S. The van der Waals surface area contributed by atoms with Gasteiger partial charge in [-0.25, -0.2) is 13.1 Å². The lowest BCUT2D eigenvalue weighted by molar-refractivity contribution is -0.137. The van der Waals surface area contributed by atoms with Crippen LogP contribution in [0.2, 0.25) is 5.02 Å². The summed E-state index contributed by atoms with van der Waals surface area (Å²) >= 11 is 5.46. The van der Waals surface area contributed by atoms with Crippen LogP contribution in [0, 0.1) is 0 Å². The smallest absolute Gasteiger partial charge is 0.353 e. The SMILES string of the molecule is CCC(CC)NC(=O)CCNS(=O)(=O)c1ccc(Cl)c(C(F)(F)F)c1. The van der Waals surface area contributed by atoms with Crippen molar-refractivity contribution in [2.45, 2.75) is 50.2 Å². The summed E-state index contributed by atoms with van der Waals surface area (Å²) in [5.41, 5.74) is -1.23. The molecule has 1 aromatic carbocycles. The first-order valence-corrected chi connectivity index (χ1v) is 9.53. The maximum atomic E-state index is 12.8. The molecule has 0 fully saturated rings. The molecule has 5 nitrogen and oxygen atoms in total. The summed E-state index contributed by atoms with van der Waals surface area (Å²) in [4.78, 5) is 11.1. The summed E-state index contributed by atoms with van der Waals surface area (Å²) in [6, 6.07) is 2.33. The molecule has 142 valence electrons. The van der Waals surface area contributed by atoms with Crippen LogP contribution < -0.4 is 10.0 Å². The third-order valence-electron chi connectivity index (χ3n) is 3.55. The van der Waals surface area contributed by atoms with Crippen molar-refractivity contribution in [3.63, 3.8) is 0 Å². The number of alkyl halides is 3. The molecule has 0 radical (unpaired) electrons. The van der Waals surface area contributed by atoms with Gasteiger partial charge in [-0.3, -0.25) is 4.79 Å². The number of amides is 1. The van der Waals surface area contributed by atoms with Crippen LogP contribution >= 0.6 is 11.6 Å². The Bertz CT molecular complexity index is 704. The highest BCUT2D eigenvalue weighted by atomic mass is 35.5. The van der Waals surface area contributed by atoms with Crippen LogP contribution in [0.25, 0.3) is 0 Å². The maximum Gasteiger partial charge on any atom is 0.417 e. The minimum atomic E-state index is -4.77. The third kappa shape index (κ3) is 6.48. The van der Waals surface area contributed by atoms with E-state index in [9.17, 15) is 26.4 Å². The van der Waals surface area contributed by atoms with Gasteiger partial charge in [0.05, 0.1) is 15.5 Å². The van der Waals surface area contributed by atoms with Crippen molar-refractivity contribution >= 4 is 27.5 Å². The number of benzene rings is 1. The van der Waals surface area contributed by atoms with E-state index in [0.29, 0.717) is 6.07 Å². The minimum Gasteiger partial charge on any atom is -0.353 e. The van der Waals surface area contributed by atoms with E-state index in [1.165, 1.54) is 0 Å². The van der Waals surface area contributed by atoms with Crippen LogP contribution in [0.15, 0.2) is 23.1 Å². The zero-order chi connectivity index (χ0) is 19.3. The fourth-order valence-corrected chi connectivity index (χ4v) is 3.35. The lowest BCUT2D eigenvalue weighted by atomic mass is 10.1. The number of hydrogen-bond acceptors (Lipinski definition) is 3. The Kier molecular flexibility index (Phi) is 7.70. The Morgan fingerprint density at radius 1 is 1.24 bits per heavy atom. The van der Waals surface area contributed by atoms with Gasteiger partial charge in [0.1, 0.15) is 0 Å². The van der Waals surface area contributed by atoms with E-state index in [-0.39, 0.29) is 24.9 Å². The molecule has 1 aromatic rings. The van der Waals surface area contributed by atoms with Crippen LogP contribution in [0.4, 0.5) is 13.2 Å². The van der Waals surface area contributed by atoms with Gasteiger partial charge < -0.3 is 5.32 Å². The molecule has 1 amide bonds. The second-order valence-electron chi connectivity index (χ2n) is 5.37. The van der Waals surface area contributed by atoms with Gasteiger partial charge in [0, 0.05) is 19.0 Å². The molecule has 0 aliphatic heterocycles. The summed E-state index contributed by atoms with van der Waals surface area (Å²) in [7, 11) is -4.18. The van der Waals surface area contributed by atoms with E-state index in [1.807, 2.05) is 13.8 Å². The number of hydrogen-bond donors (Lipinski definition) is 2. The van der Waals surface area contributed by atoms with E-state index in [2.05, 4.69) is 10.0 Å². The molecule has 10 heteroatoms. The second kappa shape index (κ2) is 8.86. The lowest BCUT2D eigenvalue weighted by Gasteiger charge is -2.15. The molecule has 2 N–H and O–H groups in total. The number of sulfonamides is 1. The molecule has 0 aliphatic rings. The van der Waals surface area contributed by atoms with Crippen LogP contribution in [0.3, 0.4) is 0 Å². The topological polar surface area (TPSA) is 75.3 Å². The Balaban J connectivity index is 2.75. The summed E-state index contributed by atoms with van der Waals surface area (Å²) < 4.78 is 64.7. The second-order valence-corrected chi connectivity index (χ2v) is 7.54. The zero-order valence-corrected chi connectivity index (χ0v) is 15.4. The van der Waals surface area contributed by atoms with Gasteiger partial charge >= 0.3 is 6.18 Å². The summed E-state index contributed by atoms with van der Waals surface area (Å²) in [6.45, 7) is 3.60. The van der Waals surface area contributed by atoms with Gasteiger partial charge in [-0.05, 0) is 31.0 Å². The predicted molar refractivity (Wildman–Crippen MR) is 88.8 cm³/mol. The van der Waals surface area contributed by atoms with Crippen LogP contribution in [0.1, 0.15) is 38.7 Å². The zero-order valence-electron chi connectivity index (χ0n) is 13.8. The minimum absolute atomic E-state index is 0.00900. The van der Waals surface area contributed by atoms with Gasteiger partial charge in [-0.15, -0.1) is 0 Å².